The standard InChI is InChI=1S/C19H20F3N5O2/c1-10(23)7-28-15-3-2-12(20)4-11(15)6-27-14(17(21)22)8-29-16-5-13-18(25-9-24-13)26-19(16)27/h2-5,9-10,14,17H,6-8,23H2,1H3,(H,24,25,26)/t10-,14+/m1/s1. The fourth-order valence-corrected chi connectivity index (χ4v) is 3.20. The number of H-pyrrole nitrogens is 1. The first-order valence-corrected chi connectivity index (χ1v) is 9.11. The number of halogens is 3. The predicted octanol–water partition coefficient (Wildman–Crippen LogP) is 2.86. The van der Waals surface area contributed by atoms with Crippen molar-refractivity contribution in [2.24, 2.45) is 5.73 Å². The molecule has 154 valence electrons. The van der Waals surface area contributed by atoms with Crippen LogP contribution in [0.3, 0.4) is 0 Å². The summed E-state index contributed by atoms with van der Waals surface area (Å²) in [5.74, 6) is 0.469. The average molecular weight is 407 g/mol. The molecule has 3 N–H and O–H groups in total. The smallest absolute Gasteiger partial charge is 0.261 e. The van der Waals surface area contributed by atoms with Crippen molar-refractivity contribution in [3.05, 3.63) is 42.0 Å². The van der Waals surface area contributed by atoms with E-state index < -0.39 is 18.3 Å². The van der Waals surface area contributed by atoms with Crippen molar-refractivity contribution >= 4 is 17.0 Å². The summed E-state index contributed by atoms with van der Waals surface area (Å²) in [6, 6.07) is 4.15. The molecule has 0 radical (unpaired) electrons. The van der Waals surface area contributed by atoms with Gasteiger partial charge >= 0.3 is 0 Å². The number of aromatic nitrogens is 3. The molecule has 1 aliphatic rings. The van der Waals surface area contributed by atoms with E-state index in [0.29, 0.717) is 28.2 Å². The van der Waals surface area contributed by atoms with E-state index in [1.807, 2.05) is 0 Å². The molecule has 1 aliphatic heterocycles. The molecule has 0 saturated carbocycles. The number of hydrogen-bond acceptors (Lipinski definition) is 6. The third-order valence-electron chi connectivity index (χ3n) is 4.59. The van der Waals surface area contributed by atoms with Crippen LogP contribution in [0.2, 0.25) is 0 Å². The Kier molecular flexibility index (Phi) is 5.18. The van der Waals surface area contributed by atoms with Crippen molar-refractivity contribution in [2.45, 2.75) is 32.0 Å². The van der Waals surface area contributed by atoms with Crippen LogP contribution in [0.15, 0.2) is 30.6 Å². The molecule has 0 saturated heterocycles. The summed E-state index contributed by atoms with van der Waals surface area (Å²) in [5.41, 5.74) is 7.15. The molecule has 10 heteroatoms. The first-order valence-electron chi connectivity index (χ1n) is 9.11. The van der Waals surface area contributed by atoms with Crippen molar-refractivity contribution < 1.29 is 22.6 Å². The average Bonchev–Trinajstić information content (AvgIpc) is 3.13. The molecule has 0 aliphatic carbocycles. The Labute approximate surface area is 164 Å². The van der Waals surface area contributed by atoms with E-state index in [-0.39, 0.29) is 31.6 Å². The van der Waals surface area contributed by atoms with E-state index in [2.05, 4.69) is 15.0 Å². The van der Waals surface area contributed by atoms with Gasteiger partial charge in [-0.2, -0.15) is 0 Å². The molecule has 0 amide bonds. The van der Waals surface area contributed by atoms with Gasteiger partial charge in [-0.05, 0) is 25.1 Å². The first-order chi connectivity index (χ1) is 13.9. The molecule has 3 heterocycles. The highest BCUT2D eigenvalue weighted by Gasteiger charge is 2.36. The molecule has 0 unspecified atom stereocenters. The van der Waals surface area contributed by atoms with Crippen molar-refractivity contribution in [1.29, 1.82) is 0 Å². The Morgan fingerprint density at radius 1 is 1.38 bits per heavy atom. The monoisotopic (exact) mass is 407 g/mol. The number of pyridine rings is 1. The topological polar surface area (TPSA) is 89.3 Å². The maximum Gasteiger partial charge on any atom is 0.261 e. The van der Waals surface area contributed by atoms with E-state index in [4.69, 9.17) is 15.2 Å². The minimum atomic E-state index is -2.69. The minimum absolute atomic E-state index is 0.0376. The number of imidazole rings is 1. The van der Waals surface area contributed by atoms with Gasteiger partial charge in [0.05, 0.1) is 6.33 Å². The van der Waals surface area contributed by atoms with Gasteiger partial charge in [-0.3, -0.25) is 0 Å². The quantitative estimate of drug-likeness (QED) is 0.653. The van der Waals surface area contributed by atoms with E-state index in [1.54, 1.807) is 13.0 Å². The molecule has 3 aromatic rings. The number of rotatable bonds is 6. The second kappa shape index (κ2) is 7.78. The van der Waals surface area contributed by atoms with Crippen LogP contribution in [0.25, 0.3) is 11.2 Å². The number of fused-ring (bicyclic) bond motifs is 2. The van der Waals surface area contributed by atoms with Crippen LogP contribution in [0.1, 0.15) is 12.5 Å². The van der Waals surface area contributed by atoms with Crippen LogP contribution >= 0.6 is 0 Å². The summed E-state index contributed by atoms with van der Waals surface area (Å²) < 4.78 is 52.6. The largest absolute Gasteiger partial charge is 0.492 e. The van der Waals surface area contributed by atoms with Gasteiger partial charge in [-0.15, -0.1) is 0 Å². The lowest BCUT2D eigenvalue weighted by molar-refractivity contribution is 0.0769. The number of benzene rings is 1. The number of nitrogens with two attached hydrogens (primary N) is 1. The Balaban J connectivity index is 1.73. The van der Waals surface area contributed by atoms with Crippen LogP contribution in [-0.2, 0) is 6.54 Å². The van der Waals surface area contributed by atoms with Crippen molar-refractivity contribution in [3.63, 3.8) is 0 Å². The SMILES string of the molecule is C[C@@H](N)COc1ccc(F)cc1CN1c2nc3[nH]cnc3cc2OC[C@H]1C(F)F. The minimum Gasteiger partial charge on any atom is -0.492 e. The third kappa shape index (κ3) is 3.93. The van der Waals surface area contributed by atoms with Gasteiger partial charge in [0, 0.05) is 24.2 Å². The van der Waals surface area contributed by atoms with Gasteiger partial charge in [0.15, 0.2) is 17.2 Å². The van der Waals surface area contributed by atoms with E-state index >= 15 is 0 Å². The lowest BCUT2D eigenvalue weighted by Gasteiger charge is -2.37. The fourth-order valence-electron chi connectivity index (χ4n) is 3.20. The zero-order valence-corrected chi connectivity index (χ0v) is 15.6. The predicted molar refractivity (Wildman–Crippen MR) is 101 cm³/mol. The number of ether oxygens (including phenoxy) is 2. The fraction of sp³-hybridized carbons (Fsp3) is 0.368. The highest BCUT2D eigenvalue weighted by molar-refractivity contribution is 5.77. The zero-order valence-electron chi connectivity index (χ0n) is 15.6. The number of alkyl halides is 2. The van der Waals surface area contributed by atoms with Crippen LogP contribution < -0.4 is 20.1 Å². The highest BCUT2D eigenvalue weighted by atomic mass is 19.3. The summed E-state index contributed by atoms with van der Waals surface area (Å²) >= 11 is 0. The van der Waals surface area contributed by atoms with E-state index in [1.165, 1.54) is 29.4 Å². The Bertz CT molecular complexity index is 1010. The van der Waals surface area contributed by atoms with Gasteiger partial charge in [-0.1, -0.05) is 0 Å². The molecule has 1 aromatic carbocycles. The molecule has 2 atom stereocenters. The van der Waals surface area contributed by atoms with Gasteiger partial charge in [0.2, 0.25) is 0 Å². The van der Waals surface area contributed by atoms with Crippen molar-refractivity contribution in [1.82, 2.24) is 15.0 Å². The summed E-state index contributed by atoms with van der Waals surface area (Å²) in [7, 11) is 0. The molecule has 0 spiro atoms. The second-order valence-electron chi connectivity index (χ2n) is 6.96. The molecule has 0 fully saturated rings. The summed E-state index contributed by atoms with van der Waals surface area (Å²) in [5, 5.41) is 0. The zero-order chi connectivity index (χ0) is 20.5. The van der Waals surface area contributed by atoms with E-state index in [0.717, 1.165) is 0 Å². The Hall–Kier alpha value is -3.01. The normalized spacial score (nSPS) is 17.3. The van der Waals surface area contributed by atoms with Crippen molar-refractivity contribution in [2.75, 3.05) is 18.1 Å². The van der Waals surface area contributed by atoms with Crippen LogP contribution in [0, 0.1) is 5.82 Å². The molecule has 29 heavy (non-hydrogen) atoms. The molecular formula is C19H20F3N5O2. The summed E-state index contributed by atoms with van der Waals surface area (Å²) in [6.07, 6.45) is -1.23. The maximum absolute atomic E-state index is 13.9. The lowest BCUT2D eigenvalue weighted by atomic mass is 10.1. The number of anilines is 1. The lowest BCUT2D eigenvalue weighted by Crippen LogP contribution is -2.47. The van der Waals surface area contributed by atoms with Gasteiger partial charge in [-0.25, -0.2) is 23.1 Å². The highest BCUT2D eigenvalue weighted by Crippen LogP contribution is 2.37. The summed E-state index contributed by atoms with van der Waals surface area (Å²) in [4.78, 5) is 12.8. The van der Waals surface area contributed by atoms with Crippen LogP contribution in [0.5, 0.6) is 11.5 Å². The molecule has 2 aromatic heterocycles. The number of nitrogens with zero attached hydrogens (tertiary/aromatic N) is 3. The van der Waals surface area contributed by atoms with Crippen LogP contribution in [0.4, 0.5) is 19.0 Å². The maximum atomic E-state index is 13.9. The van der Waals surface area contributed by atoms with Crippen molar-refractivity contribution in [3.8, 4) is 11.5 Å². The molecular weight excluding hydrogens is 387 g/mol. The Morgan fingerprint density at radius 3 is 2.97 bits per heavy atom. The van der Waals surface area contributed by atoms with Crippen LogP contribution in [-0.4, -0.2) is 46.7 Å². The first kappa shape index (κ1) is 19.3. The number of nitrogens with one attached hydrogen (secondary N) is 1. The molecule has 7 nitrogen and oxygen atoms in total. The molecule has 4 rings (SSSR count). The number of aromatic amines is 1. The van der Waals surface area contributed by atoms with Gasteiger partial charge < -0.3 is 25.1 Å². The third-order valence-corrected chi connectivity index (χ3v) is 4.59. The van der Waals surface area contributed by atoms with Gasteiger partial charge in [0.25, 0.3) is 6.43 Å². The second-order valence-corrected chi connectivity index (χ2v) is 6.96. The molecule has 0 bridgehead atoms. The summed E-state index contributed by atoms with van der Waals surface area (Å²) in [6.45, 7) is 1.72. The Morgan fingerprint density at radius 2 is 2.21 bits per heavy atom. The van der Waals surface area contributed by atoms with E-state index in [9.17, 15) is 13.2 Å². The number of hydrogen-bond donors (Lipinski definition) is 2. The van der Waals surface area contributed by atoms with Gasteiger partial charge in [0.1, 0.15) is 36.3 Å².